The Balaban J connectivity index is 1.46. The molecular formula is C23H30N8O2. The lowest BCUT2D eigenvalue weighted by molar-refractivity contribution is 0.175. The zero-order valence-corrected chi connectivity index (χ0v) is 18.9. The maximum atomic E-state index is 12.4. The third kappa shape index (κ3) is 5.26. The van der Waals surface area contributed by atoms with E-state index in [1.165, 1.54) is 0 Å². The van der Waals surface area contributed by atoms with Gasteiger partial charge in [0.2, 0.25) is 0 Å². The number of nitriles is 1. The molecule has 0 unspecified atom stereocenters. The van der Waals surface area contributed by atoms with Crippen LogP contribution in [0.1, 0.15) is 25.0 Å². The van der Waals surface area contributed by atoms with E-state index < -0.39 is 0 Å². The molecule has 2 aliphatic rings. The van der Waals surface area contributed by atoms with Gasteiger partial charge >= 0.3 is 6.03 Å². The molecule has 1 aromatic carbocycles. The number of nitrogens with one attached hydrogen (secondary N) is 1. The van der Waals surface area contributed by atoms with E-state index in [9.17, 15) is 10.1 Å². The van der Waals surface area contributed by atoms with Gasteiger partial charge in [0.25, 0.3) is 0 Å². The molecule has 3 heterocycles. The number of hydrogen-bond donors (Lipinski definition) is 2. The first kappa shape index (κ1) is 22.6. The van der Waals surface area contributed by atoms with Gasteiger partial charge in [-0.25, -0.2) is 14.8 Å². The number of carbonyl (C=O) groups excluding carboxylic acids is 1. The van der Waals surface area contributed by atoms with Crippen LogP contribution in [0.4, 0.5) is 22.1 Å². The van der Waals surface area contributed by atoms with Crippen LogP contribution in [-0.2, 0) is 0 Å². The number of rotatable bonds is 8. The van der Waals surface area contributed by atoms with E-state index in [-0.39, 0.29) is 17.8 Å². The summed E-state index contributed by atoms with van der Waals surface area (Å²) in [5.41, 5.74) is 6.51. The fourth-order valence-corrected chi connectivity index (χ4v) is 4.17. The van der Waals surface area contributed by atoms with Crippen molar-refractivity contribution < 1.29 is 9.53 Å². The van der Waals surface area contributed by atoms with Crippen LogP contribution in [0.15, 0.2) is 30.5 Å². The standard InChI is InChI=1S/C23H30N8O2/c1-29-11-12-31(23(29)32)18-4-2-10-30(16-18)21-15-26-20(14-25)22(28-21)27-17-5-7-19(8-6-17)33-13-3-9-24/h5-8,15,18H,2-4,9-13,16,24H2,1H3,(H,27,28)/t18-/m1/s1. The van der Waals surface area contributed by atoms with Crippen LogP contribution in [0.25, 0.3) is 0 Å². The molecule has 0 bridgehead atoms. The molecule has 1 atom stereocenters. The van der Waals surface area contributed by atoms with E-state index in [0.717, 1.165) is 50.3 Å². The lowest BCUT2D eigenvalue weighted by Crippen LogP contribution is -2.49. The number of nitrogens with zero attached hydrogens (tertiary/aromatic N) is 6. The largest absolute Gasteiger partial charge is 0.494 e. The highest BCUT2D eigenvalue weighted by atomic mass is 16.5. The number of aromatic nitrogens is 2. The minimum Gasteiger partial charge on any atom is -0.494 e. The number of hydrogen-bond acceptors (Lipinski definition) is 8. The van der Waals surface area contributed by atoms with Crippen molar-refractivity contribution in [3.05, 3.63) is 36.2 Å². The topological polar surface area (TPSA) is 124 Å². The van der Waals surface area contributed by atoms with Crippen LogP contribution < -0.4 is 20.7 Å². The van der Waals surface area contributed by atoms with Crippen LogP contribution in [0.5, 0.6) is 5.75 Å². The van der Waals surface area contributed by atoms with E-state index in [1.807, 2.05) is 36.2 Å². The maximum absolute atomic E-state index is 12.4. The summed E-state index contributed by atoms with van der Waals surface area (Å²) in [6, 6.07) is 9.82. The first-order valence-electron chi connectivity index (χ1n) is 11.3. The number of piperidine rings is 1. The molecule has 0 spiro atoms. The Bertz CT molecular complexity index is 1010. The Morgan fingerprint density at radius 2 is 2.09 bits per heavy atom. The first-order valence-corrected chi connectivity index (χ1v) is 11.3. The number of benzene rings is 1. The fourth-order valence-electron chi connectivity index (χ4n) is 4.17. The van der Waals surface area contributed by atoms with Crippen LogP contribution >= 0.6 is 0 Å². The average molecular weight is 451 g/mol. The second-order valence-corrected chi connectivity index (χ2v) is 8.32. The highest BCUT2D eigenvalue weighted by molar-refractivity contribution is 5.76. The van der Waals surface area contributed by atoms with Gasteiger partial charge in [-0.2, -0.15) is 5.26 Å². The van der Waals surface area contributed by atoms with Crippen molar-refractivity contribution in [2.75, 3.05) is 56.6 Å². The van der Waals surface area contributed by atoms with Crippen LogP contribution in [0.3, 0.4) is 0 Å². The zero-order valence-electron chi connectivity index (χ0n) is 18.9. The highest BCUT2D eigenvalue weighted by Crippen LogP contribution is 2.26. The summed E-state index contributed by atoms with van der Waals surface area (Å²) < 4.78 is 5.64. The van der Waals surface area contributed by atoms with Gasteiger partial charge in [0.05, 0.1) is 18.8 Å². The SMILES string of the molecule is CN1CCN([C@@H]2CCCN(c3cnc(C#N)c(Nc4ccc(OCCCN)cc4)n3)C2)C1=O. The van der Waals surface area contributed by atoms with Crippen molar-refractivity contribution in [1.29, 1.82) is 5.26 Å². The molecule has 0 saturated carbocycles. The molecule has 4 rings (SSSR count). The Morgan fingerprint density at radius 1 is 1.27 bits per heavy atom. The lowest BCUT2D eigenvalue weighted by atomic mass is 10.0. The third-order valence-electron chi connectivity index (χ3n) is 6.01. The summed E-state index contributed by atoms with van der Waals surface area (Å²) in [5, 5.41) is 12.7. The number of carbonyl (C=O) groups is 1. The van der Waals surface area contributed by atoms with E-state index in [2.05, 4.69) is 21.3 Å². The average Bonchev–Trinajstić information content (AvgIpc) is 3.18. The molecule has 2 amide bonds. The number of nitrogens with two attached hydrogens (primary N) is 1. The van der Waals surface area contributed by atoms with Gasteiger partial charge < -0.3 is 30.5 Å². The highest BCUT2D eigenvalue weighted by Gasteiger charge is 2.34. The van der Waals surface area contributed by atoms with Crippen LogP contribution in [0.2, 0.25) is 0 Å². The number of ether oxygens (including phenoxy) is 1. The normalized spacial score (nSPS) is 18.4. The van der Waals surface area contributed by atoms with Gasteiger partial charge in [0.1, 0.15) is 17.6 Å². The summed E-state index contributed by atoms with van der Waals surface area (Å²) in [6.07, 6.45) is 4.38. The monoisotopic (exact) mass is 450 g/mol. The second kappa shape index (κ2) is 10.4. The van der Waals surface area contributed by atoms with Crippen molar-refractivity contribution in [3.8, 4) is 11.8 Å². The van der Waals surface area contributed by atoms with Gasteiger partial charge in [0.15, 0.2) is 11.5 Å². The summed E-state index contributed by atoms with van der Waals surface area (Å²) in [6.45, 7) is 4.22. The van der Waals surface area contributed by atoms with Gasteiger partial charge in [0, 0.05) is 38.9 Å². The van der Waals surface area contributed by atoms with Crippen molar-refractivity contribution in [1.82, 2.24) is 19.8 Å². The smallest absolute Gasteiger partial charge is 0.320 e. The first-order chi connectivity index (χ1) is 16.1. The Labute approximate surface area is 193 Å². The summed E-state index contributed by atoms with van der Waals surface area (Å²) in [4.78, 5) is 27.3. The lowest BCUT2D eigenvalue weighted by Gasteiger charge is -2.37. The summed E-state index contributed by atoms with van der Waals surface area (Å²) in [7, 11) is 1.84. The molecule has 3 N–H and O–H groups in total. The van der Waals surface area contributed by atoms with Crippen LogP contribution in [0, 0.1) is 11.3 Å². The zero-order chi connectivity index (χ0) is 23.2. The Kier molecular flexibility index (Phi) is 7.10. The Morgan fingerprint density at radius 3 is 2.79 bits per heavy atom. The van der Waals surface area contributed by atoms with Crippen molar-refractivity contribution in [3.63, 3.8) is 0 Å². The quantitative estimate of drug-likeness (QED) is 0.587. The van der Waals surface area contributed by atoms with Crippen molar-refractivity contribution in [2.45, 2.75) is 25.3 Å². The van der Waals surface area contributed by atoms with E-state index in [4.69, 9.17) is 15.5 Å². The second-order valence-electron chi connectivity index (χ2n) is 8.32. The van der Waals surface area contributed by atoms with Crippen molar-refractivity contribution >= 4 is 23.4 Å². The maximum Gasteiger partial charge on any atom is 0.320 e. The van der Waals surface area contributed by atoms with Crippen LogP contribution in [-0.4, -0.2) is 78.2 Å². The fraction of sp³-hybridized carbons (Fsp3) is 0.478. The summed E-state index contributed by atoms with van der Waals surface area (Å²) in [5.74, 6) is 1.87. The van der Waals surface area contributed by atoms with Gasteiger partial charge in [-0.1, -0.05) is 0 Å². The molecule has 2 aromatic rings. The third-order valence-corrected chi connectivity index (χ3v) is 6.01. The molecule has 0 aliphatic carbocycles. The number of anilines is 3. The van der Waals surface area contributed by atoms with Gasteiger partial charge in [-0.05, 0) is 50.1 Å². The molecule has 2 aliphatic heterocycles. The molecule has 2 fully saturated rings. The van der Waals surface area contributed by atoms with E-state index in [0.29, 0.717) is 31.3 Å². The van der Waals surface area contributed by atoms with Crippen molar-refractivity contribution in [2.24, 2.45) is 5.73 Å². The Hall–Kier alpha value is -3.58. The molecule has 10 nitrogen and oxygen atoms in total. The molecule has 33 heavy (non-hydrogen) atoms. The minimum absolute atomic E-state index is 0.0885. The van der Waals surface area contributed by atoms with E-state index in [1.54, 1.807) is 11.1 Å². The molecule has 1 aromatic heterocycles. The molecule has 174 valence electrons. The molecule has 10 heteroatoms. The predicted molar refractivity (Wildman–Crippen MR) is 126 cm³/mol. The number of likely N-dealkylation sites (N-methyl/N-ethyl adjacent to an activating group) is 1. The van der Waals surface area contributed by atoms with Gasteiger partial charge in [-0.3, -0.25) is 0 Å². The number of urea groups is 1. The molecule has 2 saturated heterocycles. The predicted octanol–water partition coefficient (Wildman–Crippen LogP) is 2.16. The summed E-state index contributed by atoms with van der Waals surface area (Å²) >= 11 is 0. The van der Waals surface area contributed by atoms with Gasteiger partial charge in [-0.15, -0.1) is 0 Å². The molecular weight excluding hydrogens is 420 g/mol. The van der Waals surface area contributed by atoms with E-state index >= 15 is 0 Å². The minimum atomic E-state index is 0.0885. The molecule has 0 radical (unpaired) electrons. The number of amides is 2.